The lowest BCUT2D eigenvalue weighted by Crippen LogP contribution is -2.24. The minimum Gasteiger partial charge on any atom is -0.371 e. The van der Waals surface area contributed by atoms with Crippen molar-refractivity contribution in [1.82, 2.24) is 5.32 Å². The van der Waals surface area contributed by atoms with Crippen LogP contribution < -0.4 is 10.2 Å². The van der Waals surface area contributed by atoms with Gasteiger partial charge in [0.2, 0.25) is 0 Å². The highest BCUT2D eigenvalue weighted by Crippen LogP contribution is 2.40. The van der Waals surface area contributed by atoms with E-state index in [1.54, 1.807) is 0 Å². The Morgan fingerprint density at radius 3 is 3.06 bits per heavy atom. The summed E-state index contributed by atoms with van der Waals surface area (Å²) in [7, 11) is 2.06. The SMILES string of the molecule is CNCC1CC1CN1CCc2ccccc21. The molecule has 1 saturated carbocycles. The molecule has 0 saturated heterocycles. The van der Waals surface area contributed by atoms with Gasteiger partial charge in [-0.1, -0.05) is 18.2 Å². The lowest BCUT2D eigenvalue weighted by molar-refractivity contribution is 0.631. The van der Waals surface area contributed by atoms with Crippen molar-refractivity contribution in [2.24, 2.45) is 11.8 Å². The Balaban J connectivity index is 1.62. The maximum Gasteiger partial charge on any atom is 0.0399 e. The Labute approximate surface area is 97.6 Å². The summed E-state index contributed by atoms with van der Waals surface area (Å²) in [5.74, 6) is 1.86. The number of benzene rings is 1. The molecule has 1 aromatic rings. The largest absolute Gasteiger partial charge is 0.371 e. The van der Waals surface area contributed by atoms with Crippen molar-refractivity contribution in [2.75, 3.05) is 31.6 Å². The Morgan fingerprint density at radius 2 is 2.19 bits per heavy atom. The molecule has 0 aromatic heterocycles. The monoisotopic (exact) mass is 216 g/mol. The van der Waals surface area contributed by atoms with Crippen LogP contribution in [0.2, 0.25) is 0 Å². The molecule has 2 heteroatoms. The van der Waals surface area contributed by atoms with Gasteiger partial charge in [0.1, 0.15) is 0 Å². The van der Waals surface area contributed by atoms with Crippen LogP contribution in [0.3, 0.4) is 0 Å². The van der Waals surface area contributed by atoms with Crippen LogP contribution in [0.1, 0.15) is 12.0 Å². The second-order valence-electron chi connectivity index (χ2n) is 5.14. The molecule has 2 aliphatic rings. The third-order valence-electron chi connectivity index (χ3n) is 3.97. The highest BCUT2D eigenvalue weighted by molar-refractivity contribution is 5.57. The van der Waals surface area contributed by atoms with Crippen LogP contribution in [-0.2, 0) is 6.42 Å². The molecular formula is C14H20N2. The number of nitrogens with zero attached hydrogens (tertiary/aromatic N) is 1. The fraction of sp³-hybridized carbons (Fsp3) is 0.571. The second-order valence-corrected chi connectivity index (χ2v) is 5.14. The quantitative estimate of drug-likeness (QED) is 0.827. The molecule has 1 fully saturated rings. The van der Waals surface area contributed by atoms with Crippen molar-refractivity contribution in [2.45, 2.75) is 12.8 Å². The first-order valence-corrected chi connectivity index (χ1v) is 6.36. The van der Waals surface area contributed by atoms with Crippen LogP contribution in [0.15, 0.2) is 24.3 Å². The van der Waals surface area contributed by atoms with E-state index in [9.17, 15) is 0 Å². The third-order valence-corrected chi connectivity index (χ3v) is 3.97. The van der Waals surface area contributed by atoms with Gasteiger partial charge < -0.3 is 10.2 Å². The van der Waals surface area contributed by atoms with Crippen LogP contribution >= 0.6 is 0 Å². The zero-order valence-electron chi connectivity index (χ0n) is 9.95. The molecule has 1 N–H and O–H groups in total. The van der Waals surface area contributed by atoms with Gasteiger partial charge in [0.15, 0.2) is 0 Å². The molecule has 86 valence electrons. The summed E-state index contributed by atoms with van der Waals surface area (Å²) in [6, 6.07) is 8.86. The summed E-state index contributed by atoms with van der Waals surface area (Å²) in [6.07, 6.45) is 2.65. The lowest BCUT2D eigenvalue weighted by Gasteiger charge is -2.19. The summed E-state index contributed by atoms with van der Waals surface area (Å²) in [6.45, 7) is 3.69. The molecular weight excluding hydrogens is 196 g/mol. The van der Waals surface area contributed by atoms with Crippen molar-refractivity contribution in [3.8, 4) is 0 Å². The number of anilines is 1. The van der Waals surface area contributed by atoms with Gasteiger partial charge in [-0.25, -0.2) is 0 Å². The van der Waals surface area contributed by atoms with Crippen LogP contribution in [0.4, 0.5) is 5.69 Å². The zero-order chi connectivity index (χ0) is 11.0. The predicted octanol–water partition coefficient (Wildman–Crippen LogP) is 1.90. The van der Waals surface area contributed by atoms with Gasteiger partial charge in [0, 0.05) is 18.8 Å². The van der Waals surface area contributed by atoms with Crippen molar-refractivity contribution in [1.29, 1.82) is 0 Å². The van der Waals surface area contributed by atoms with Gasteiger partial charge in [0.05, 0.1) is 0 Å². The standard InChI is InChI=1S/C14H20N2/c1-15-9-12-8-13(12)10-16-7-6-11-4-2-3-5-14(11)16/h2-5,12-13,15H,6-10H2,1H3. The smallest absolute Gasteiger partial charge is 0.0399 e. The fourth-order valence-corrected chi connectivity index (χ4v) is 2.93. The van der Waals surface area contributed by atoms with Gasteiger partial charge in [-0.2, -0.15) is 0 Å². The molecule has 2 nitrogen and oxygen atoms in total. The first-order chi connectivity index (χ1) is 7.88. The van der Waals surface area contributed by atoms with E-state index in [1.807, 2.05) is 0 Å². The Bertz CT molecular complexity index is 375. The molecule has 2 atom stereocenters. The van der Waals surface area contributed by atoms with E-state index in [-0.39, 0.29) is 0 Å². The predicted molar refractivity (Wildman–Crippen MR) is 67.9 cm³/mol. The fourth-order valence-electron chi connectivity index (χ4n) is 2.93. The molecule has 1 aliphatic heterocycles. The van der Waals surface area contributed by atoms with E-state index in [1.165, 1.54) is 43.7 Å². The van der Waals surface area contributed by atoms with E-state index in [2.05, 4.69) is 41.5 Å². The molecule has 2 unspecified atom stereocenters. The minimum atomic E-state index is 0.928. The first kappa shape index (κ1) is 10.2. The highest BCUT2D eigenvalue weighted by atomic mass is 15.2. The number of nitrogens with one attached hydrogen (secondary N) is 1. The summed E-state index contributed by atoms with van der Waals surface area (Å²) >= 11 is 0. The maximum atomic E-state index is 3.29. The van der Waals surface area contributed by atoms with Crippen molar-refractivity contribution >= 4 is 5.69 Å². The van der Waals surface area contributed by atoms with Gasteiger partial charge in [-0.05, 0) is 49.9 Å². The van der Waals surface area contributed by atoms with Gasteiger partial charge in [-0.15, -0.1) is 0 Å². The molecule has 1 aliphatic carbocycles. The molecule has 3 rings (SSSR count). The maximum absolute atomic E-state index is 3.29. The molecule has 0 spiro atoms. The van der Waals surface area contributed by atoms with Crippen molar-refractivity contribution < 1.29 is 0 Å². The van der Waals surface area contributed by atoms with Crippen LogP contribution in [0.5, 0.6) is 0 Å². The Morgan fingerprint density at radius 1 is 1.31 bits per heavy atom. The zero-order valence-corrected chi connectivity index (χ0v) is 9.95. The van der Waals surface area contributed by atoms with Crippen LogP contribution in [0, 0.1) is 11.8 Å². The second kappa shape index (κ2) is 4.10. The lowest BCUT2D eigenvalue weighted by atomic mass is 10.2. The Hall–Kier alpha value is -1.02. The molecule has 0 radical (unpaired) electrons. The summed E-state index contributed by atoms with van der Waals surface area (Å²) in [5, 5.41) is 3.29. The average Bonchev–Trinajstić information content (AvgIpc) is 2.89. The van der Waals surface area contributed by atoms with Crippen molar-refractivity contribution in [3.63, 3.8) is 0 Å². The van der Waals surface area contributed by atoms with E-state index in [0.29, 0.717) is 0 Å². The average molecular weight is 216 g/mol. The van der Waals surface area contributed by atoms with Crippen LogP contribution in [-0.4, -0.2) is 26.7 Å². The summed E-state index contributed by atoms with van der Waals surface area (Å²) in [4.78, 5) is 2.58. The molecule has 16 heavy (non-hydrogen) atoms. The molecule has 1 heterocycles. The third kappa shape index (κ3) is 1.82. The highest BCUT2D eigenvalue weighted by Gasteiger charge is 2.38. The number of hydrogen-bond donors (Lipinski definition) is 1. The van der Waals surface area contributed by atoms with E-state index >= 15 is 0 Å². The van der Waals surface area contributed by atoms with Gasteiger partial charge in [-0.3, -0.25) is 0 Å². The minimum absolute atomic E-state index is 0.928. The summed E-state index contributed by atoms with van der Waals surface area (Å²) in [5.41, 5.74) is 3.02. The molecule has 0 amide bonds. The van der Waals surface area contributed by atoms with E-state index < -0.39 is 0 Å². The number of rotatable bonds is 4. The molecule has 1 aromatic carbocycles. The number of hydrogen-bond acceptors (Lipinski definition) is 2. The molecule has 0 bridgehead atoms. The normalized spacial score (nSPS) is 26.9. The number of para-hydroxylation sites is 1. The van der Waals surface area contributed by atoms with E-state index in [4.69, 9.17) is 0 Å². The Kier molecular flexibility index (Phi) is 2.60. The number of fused-ring (bicyclic) bond motifs is 1. The first-order valence-electron chi connectivity index (χ1n) is 6.36. The topological polar surface area (TPSA) is 15.3 Å². The van der Waals surface area contributed by atoms with E-state index in [0.717, 1.165) is 11.8 Å². The van der Waals surface area contributed by atoms with Crippen molar-refractivity contribution in [3.05, 3.63) is 29.8 Å². The van der Waals surface area contributed by atoms with Gasteiger partial charge >= 0.3 is 0 Å². The summed E-state index contributed by atoms with van der Waals surface area (Å²) < 4.78 is 0. The van der Waals surface area contributed by atoms with Crippen LogP contribution in [0.25, 0.3) is 0 Å². The van der Waals surface area contributed by atoms with Gasteiger partial charge in [0.25, 0.3) is 0 Å².